The molecule has 1 heterocycles. The van der Waals surface area contributed by atoms with E-state index in [-0.39, 0.29) is 0 Å². The van der Waals surface area contributed by atoms with Gasteiger partial charge < -0.3 is 11.1 Å². The van der Waals surface area contributed by atoms with E-state index < -0.39 is 0 Å². The van der Waals surface area contributed by atoms with Crippen LogP contribution in [0.4, 0.5) is 11.4 Å². The molecule has 1 fully saturated rings. The lowest BCUT2D eigenvalue weighted by molar-refractivity contribution is 0.411. The summed E-state index contributed by atoms with van der Waals surface area (Å²) in [5, 5.41) is 4.62. The number of anilines is 2. The Morgan fingerprint density at radius 3 is 2.81 bits per heavy atom. The number of aromatic nitrogens is 1. The van der Waals surface area contributed by atoms with Crippen LogP contribution >= 0.6 is 11.8 Å². The number of fused-ring (bicyclic) bond motifs is 1. The highest BCUT2D eigenvalue weighted by Gasteiger charge is 2.30. The topological polar surface area (TPSA) is 50.9 Å². The molecule has 1 aliphatic carbocycles. The smallest absolute Gasteiger partial charge is 0.0724 e. The molecule has 0 aliphatic heterocycles. The van der Waals surface area contributed by atoms with E-state index in [0.29, 0.717) is 4.75 Å². The maximum atomic E-state index is 6.31. The highest BCUT2D eigenvalue weighted by atomic mass is 32.2. The molecule has 3 nitrogen and oxygen atoms in total. The van der Waals surface area contributed by atoms with Crippen LogP contribution in [0.1, 0.15) is 32.1 Å². The Bertz CT molecular complexity index is 620. The van der Waals surface area contributed by atoms with Crippen molar-refractivity contribution in [3.8, 4) is 0 Å². The van der Waals surface area contributed by atoms with E-state index in [9.17, 15) is 0 Å². The first-order valence-corrected chi connectivity index (χ1v) is 8.89. The lowest BCUT2D eigenvalue weighted by atomic mass is 9.88. The van der Waals surface area contributed by atoms with Crippen molar-refractivity contribution in [3.05, 3.63) is 30.5 Å². The second-order valence-electron chi connectivity index (χ2n) is 5.90. The van der Waals surface area contributed by atoms with E-state index in [1.807, 2.05) is 30.0 Å². The third-order valence-electron chi connectivity index (χ3n) is 4.63. The summed E-state index contributed by atoms with van der Waals surface area (Å²) in [6, 6.07) is 8.07. The van der Waals surface area contributed by atoms with Crippen molar-refractivity contribution in [1.82, 2.24) is 4.98 Å². The lowest BCUT2D eigenvalue weighted by Crippen LogP contribution is -2.35. The summed E-state index contributed by atoms with van der Waals surface area (Å²) in [5.74, 6) is 0. The maximum Gasteiger partial charge on any atom is 0.0724 e. The number of hydrogen-bond acceptors (Lipinski definition) is 4. The second kappa shape index (κ2) is 6.14. The maximum absolute atomic E-state index is 6.31. The molecule has 1 saturated carbocycles. The quantitative estimate of drug-likeness (QED) is 0.827. The summed E-state index contributed by atoms with van der Waals surface area (Å²) in [5.41, 5.74) is 9.12. The van der Waals surface area contributed by atoms with Gasteiger partial charge in [0.2, 0.25) is 0 Å². The molecular weight excluding hydrogens is 278 g/mol. The standard InChI is InChI=1S/C17H23N3S/c1-21-17(9-3-2-4-10-17)12-20-15-8-7-14-13(16(15)18)6-5-11-19-14/h5-8,11,20H,2-4,9-10,12,18H2,1H3. The molecule has 3 rings (SSSR count). The van der Waals surface area contributed by atoms with Crippen LogP contribution in [0, 0.1) is 0 Å². The molecule has 0 amide bonds. The minimum absolute atomic E-state index is 0.370. The average molecular weight is 301 g/mol. The predicted octanol–water partition coefficient (Wildman–Crippen LogP) is 4.29. The van der Waals surface area contributed by atoms with E-state index in [1.54, 1.807) is 6.20 Å². The molecule has 0 saturated heterocycles. The van der Waals surface area contributed by atoms with Gasteiger partial charge in [0.05, 0.1) is 16.9 Å². The van der Waals surface area contributed by atoms with E-state index >= 15 is 0 Å². The van der Waals surface area contributed by atoms with Crippen molar-refractivity contribution < 1.29 is 0 Å². The van der Waals surface area contributed by atoms with Crippen molar-refractivity contribution >= 4 is 34.0 Å². The summed E-state index contributed by atoms with van der Waals surface area (Å²) < 4.78 is 0.370. The van der Waals surface area contributed by atoms with Crippen LogP contribution in [0.15, 0.2) is 30.5 Å². The van der Waals surface area contributed by atoms with Crippen molar-refractivity contribution in [3.63, 3.8) is 0 Å². The number of nitrogens with two attached hydrogens (primary N) is 1. The van der Waals surface area contributed by atoms with E-state index in [2.05, 4.69) is 22.6 Å². The van der Waals surface area contributed by atoms with Gasteiger partial charge in [-0.25, -0.2) is 0 Å². The van der Waals surface area contributed by atoms with Gasteiger partial charge in [0.1, 0.15) is 0 Å². The molecule has 3 N–H and O–H groups in total. The van der Waals surface area contributed by atoms with Crippen molar-refractivity contribution in [2.24, 2.45) is 0 Å². The molecular formula is C17H23N3S. The summed E-state index contributed by atoms with van der Waals surface area (Å²) in [6.07, 6.45) is 10.7. The monoisotopic (exact) mass is 301 g/mol. The minimum atomic E-state index is 0.370. The third-order valence-corrected chi connectivity index (χ3v) is 6.04. The number of hydrogen-bond donors (Lipinski definition) is 2. The largest absolute Gasteiger partial charge is 0.397 e. The highest BCUT2D eigenvalue weighted by molar-refractivity contribution is 8.00. The first-order valence-electron chi connectivity index (χ1n) is 7.66. The predicted molar refractivity (Wildman–Crippen MR) is 94.0 cm³/mol. The summed E-state index contributed by atoms with van der Waals surface area (Å²) in [7, 11) is 0. The average Bonchev–Trinajstić information content (AvgIpc) is 2.55. The molecule has 4 heteroatoms. The van der Waals surface area contributed by atoms with E-state index in [4.69, 9.17) is 5.73 Å². The van der Waals surface area contributed by atoms with E-state index in [1.165, 1.54) is 32.1 Å². The van der Waals surface area contributed by atoms with Crippen LogP contribution < -0.4 is 11.1 Å². The molecule has 0 bridgehead atoms. The zero-order valence-electron chi connectivity index (χ0n) is 12.6. The molecule has 1 aliphatic rings. The Morgan fingerprint density at radius 1 is 1.24 bits per heavy atom. The molecule has 0 spiro atoms. The van der Waals surface area contributed by atoms with Crippen LogP contribution in [0.25, 0.3) is 10.9 Å². The van der Waals surface area contributed by atoms with Crippen LogP contribution in [-0.2, 0) is 0 Å². The zero-order valence-corrected chi connectivity index (χ0v) is 13.4. The number of nitrogens with zero attached hydrogens (tertiary/aromatic N) is 1. The number of nitrogens with one attached hydrogen (secondary N) is 1. The van der Waals surface area contributed by atoms with Crippen LogP contribution in [0.3, 0.4) is 0 Å². The van der Waals surface area contributed by atoms with E-state index in [0.717, 1.165) is 28.8 Å². The highest BCUT2D eigenvalue weighted by Crippen LogP contribution is 2.39. The summed E-state index contributed by atoms with van der Waals surface area (Å²) in [4.78, 5) is 4.35. The number of rotatable bonds is 4. The molecule has 0 unspecified atom stereocenters. The molecule has 1 aromatic heterocycles. The van der Waals surface area contributed by atoms with Gasteiger partial charge in [0.25, 0.3) is 0 Å². The van der Waals surface area contributed by atoms with Gasteiger partial charge in [-0.3, -0.25) is 4.98 Å². The molecule has 0 radical (unpaired) electrons. The van der Waals surface area contributed by atoms with Gasteiger partial charge in [-0.15, -0.1) is 0 Å². The first kappa shape index (κ1) is 14.5. The van der Waals surface area contributed by atoms with Gasteiger partial charge in [-0.05, 0) is 43.4 Å². The number of thioether (sulfide) groups is 1. The number of benzene rings is 1. The van der Waals surface area contributed by atoms with Gasteiger partial charge >= 0.3 is 0 Å². The van der Waals surface area contributed by atoms with Crippen molar-refractivity contribution in [2.45, 2.75) is 36.9 Å². The fourth-order valence-electron chi connectivity index (χ4n) is 3.23. The second-order valence-corrected chi connectivity index (χ2v) is 7.17. The Kier molecular flexibility index (Phi) is 4.24. The van der Waals surface area contributed by atoms with Crippen LogP contribution in [-0.4, -0.2) is 22.5 Å². The fourth-order valence-corrected chi connectivity index (χ4v) is 4.15. The van der Waals surface area contributed by atoms with Gasteiger partial charge in [-0.1, -0.05) is 19.3 Å². The third kappa shape index (κ3) is 2.95. The molecule has 1 aromatic carbocycles. The molecule has 21 heavy (non-hydrogen) atoms. The summed E-state index contributed by atoms with van der Waals surface area (Å²) in [6.45, 7) is 0.990. The minimum Gasteiger partial charge on any atom is -0.397 e. The summed E-state index contributed by atoms with van der Waals surface area (Å²) >= 11 is 2.01. The normalized spacial score (nSPS) is 17.8. The van der Waals surface area contributed by atoms with Gasteiger partial charge in [0.15, 0.2) is 0 Å². The zero-order chi connectivity index (χ0) is 14.7. The number of nitrogen functional groups attached to an aromatic ring is 1. The Labute approximate surface area is 130 Å². The first-order chi connectivity index (χ1) is 10.2. The van der Waals surface area contributed by atoms with Crippen LogP contribution in [0.2, 0.25) is 0 Å². The Hall–Kier alpha value is -1.42. The lowest BCUT2D eigenvalue weighted by Gasteiger charge is -2.36. The Morgan fingerprint density at radius 2 is 2.05 bits per heavy atom. The van der Waals surface area contributed by atoms with Gasteiger partial charge in [-0.2, -0.15) is 11.8 Å². The van der Waals surface area contributed by atoms with Gasteiger partial charge in [0, 0.05) is 22.9 Å². The number of pyridine rings is 1. The van der Waals surface area contributed by atoms with Crippen LogP contribution in [0.5, 0.6) is 0 Å². The molecule has 0 atom stereocenters. The fraction of sp³-hybridized carbons (Fsp3) is 0.471. The molecule has 112 valence electrons. The molecule has 2 aromatic rings. The van der Waals surface area contributed by atoms with Crippen molar-refractivity contribution in [1.29, 1.82) is 0 Å². The Balaban J connectivity index is 1.80. The SMILES string of the molecule is CSC1(CNc2ccc3ncccc3c2N)CCCCC1. The van der Waals surface area contributed by atoms with Crippen molar-refractivity contribution in [2.75, 3.05) is 23.9 Å².